The van der Waals surface area contributed by atoms with Gasteiger partial charge in [0.2, 0.25) is 10.0 Å². The number of halogens is 1. The molecule has 106 valence electrons. The zero-order valence-corrected chi connectivity index (χ0v) is 11.7. The van der Waals surface area contributed by atoms with Crippen LogP contribution in [0.2, 0.25) is 0 Å². The predicted molar refractivity (Wildman–Crippen MR) is 70.9 cm³/mol. The van der Waals surface area contributed by atoms with Gasteiger partial charge in [0.15, 0.2) is 0 Å². The van der Waals surface area contributed by atoms with Gasteiger partial charge in [-0.15, -0.1) is 0 Å². The average molecular weight is 288 g/mol. The summed E-state index contributed by atoms with van der Waals surface area (Å²) in [5, 5.41) is 2.49. The van der Waals surface area contributed by atoms with Crippen molar-refractivity contribution in [2.24, 2.45) is 0 Å². The molecule has 0 radical (unpaired) electrons. The first-order chi connectivity index (χ1) is 8.85. The molecule has 0 aromatic heterocycles. The molecule has 0 saturated heterocycles. The molecule has 0 aliphatic rings. The first-order valence-electron chi connectivity index (χ1n) is 5.87. The number of sulfonamides is 1. The SMILES string of the molecule is CCNS(=O)(=O)CCNC(=O)c1ccc(F)cc1C. The third kappa shape index (κ3) is 4.96. The lowest BCUT2D eigenvalue weighted by atomic mass is 10.1. The van der Waals surface area contributed by atoms with Crippen molar-refractivity contribution in [2.75, 3.05) is 18.8 Å². The van der Waals surface area contributed by atoms with Crippen molar-refractivity contribution in [3.05, 3.63) is 35.1 Å². The highest BCUT2D eigenvalue weighted by atomic mass is 32.2. The molecule has 0 aliphatic heterocycles. The van der Waals surface area contributed by atoms with Gasteiger partial charge in [0, 0.05) is 18.7 Å². The Bertz CT molecular complexity index is 558. The standard InChI is InChI=1S/C12H17FN2O3S/c1-3-15-19(17,18)7-6-14-12(16)11-5-4-10(13)8-9(11)2/h4-5,8,15H,3,6-7H2,1-2H3,(H,14,16). The Balaban J connectivity index is 2.57. The van der Waals surface area contributed by atoms with E-state index in [1.165, 1.54) is 18.2 Å². The predicted octanol–water partition coefficient (Wildman–Crippen LogP) is 0.803. The van der Waals surface area contributed by atoms with Crippen molar-refractivity contribution in [2.45, 2.75) is 13.8 Å². The van der Waals surface area contributed by atoms with E-state index >= 15 is 0 Å². The van der Waals surface area contributed by atoms with Gasteiger partial charge in [0.25, 0.3) is 5.91 Å². The summed E-state index contributed by atoms with van der Waals surface area (Å²) in [7, 11) is -3.35. The molecule has 1 rings (SSSR count). The number of carbonyl (C=O) groups excluding carboxylic acids is 1. The number of carbonyl (C=O) groups is 1. The maximum absolute atomic E-state index is 12.9. The summed E-state index contributed by atoms with van der Waals surface area (Å²) < 4.78 is 37.9. The van der Waals surface area contributed by atoms with Gasteiger partial charge in [-0.1, -0.05) is 6.92 Å². The highest BCUT2D eigenvalue weighted by Gasteiger charge is 2.12. The number of rotatable bonds is 6. The Morgan fingerprint density at radius 1 is 1.37 bits per heavy atom. The smallest absolute Gasteiger partial charge is 0.251 e. The maximum atomic E-state index is 12.9. The van der Waals surface area contributed by atoms with E-state index in [0.29, 0.717) is 17.7 Å². The van der Waals surface area contributed by atoms with Gasteiger partial charge in [0.1, 0.15) is 5.82 Å². The van der Waals surface area contributed by atoms with Crippen LogP contribution in [0.3, 0.4) is 0 Å². The van der Waals surface area contributed by atoms with Crippen LogP contribution in [-0.4, -0.2) is 33.2 Å². The second kappa shape index (κ2) is 6.63. The molecule has 7 heteroatoms. The van der Waals surface area contributed by atoms with Crippen molar-refractivity contribution in [1.29, 1.82) is 0 Å². The second-order valence-corrected chi connectivity index (χ2v) is 5.96. The molecule has 1 aromatic rings. The van der Waals surface area contributed by atoms with E-state index in [9.17, 15) is 17.6 Å². The topological polar surface area (TPSA) is 75.3 Å². The van der Waals surface area contributed by atoms with E-state index in [-0.39, 0.29) is 12.3 Å². The molecule has 0 heterocycles. The van der Waals surface area contributed by atoms with E-state index in [2.05, 4.69) is 10.0 Å². The number of amides is 1. The molecule has 5 nitrogen and oxygen atoms in total. The highest BCUT2D eigenvalue weighted by molar-refractivity contribution is 7.89. The molecule has 19 heavy (non-hydrogen) atoms. The number of hydrogen-bond acceptors (Lipinski definition) is 3. The highest BCUT2D eigenvalue weighted by Crippen LogP contribution is 2.09. The summed E-state index contributed by atoms with van der Waals surface area (Å²) in [4.78, 5) is 11.8. The number of nitrogens with one attached hydrogen (secondary N) is 2. The van der Waals surface area contributed by atoms with E-state index in [1.807, 2.05) is 0 Å². The molecular weight excluding hydrogens is 271 g/mol. The van der Waals surface area contributed by atoms with Gasteiger partial charge in [-0.25, -0.2) is 17.5 Å². The third-order valence-electron chi connectivity index (χ3n) is 2.45. The monoisotopic (exact) mass is 288 g/mol. The third-order valence-corrected chi connectivity index (χ3v) is 3.92. The number of hydrogen-bond donors (Lipinski definition) is 2. The van der Waals surface area contributed by atoms with E-state index in [0.717, 1.165) is 0 Å². The number of aryl methyl sites for hydroxylation is 1. The maximum Gasteiger partial charge on any atom is 0.251 e. The van der Waals surface area contributed by atoms with Crippen LogP contribution < -0.4 is 10.0 Å². The minimum atomic E-state index is -3.35. The van der Waals surface area contributed by atoms with Crippen molar-refractivity contribution >= 4 is 15.9 Å². The van der Waals surface area contributed by atoms with Gasteiger partial charge in [-0.2, -0.15) is 0 Å². The van der Waals surface area contributed by atoms with Crippen molar-refractivity contribution in [3.63, 3.8) is 0 Å². The minimum Gasteiger partial charge on any atom is -0.351 e. The van der Waals surface area contributed by atoms with Crippen LogP contribution in [-0.2, 0) is 10.0 Å². The van der Waals surface area contributed by atoms with Crippen LogP contribution in [0.15, 0.2) is 18.2 Å². The fraction of sp³-hybridized carbons (Fsp3) is 0.417. The van der Waals surface area contributed by atoms with Crippen LogP contribution in [0.5, 0.6) is 0 Å². The van der Waals surface area contributed by atoms with Crippen molar-refractivity contribution < 1.29 is 17.6 Å². The Labute approximate surface area is 112 Å². The average Bonchev–Trinajstić information content (AvgIpc) is 2.28. The van der Waals surface area contributed by atoms with Crippen LogP contribution in [0.4, 0.5) is 4.39 Å². The summed E-state index contributed by atoms with van der Waals surface area (Å²) in [6.07, 6.45) is 0. The molecule has 2 N–H and O–H groups in total. The molecule has 0 bridgehead atoms. The zero-order valence-electron chi connectivity index (χ0n) is 10.9. The quantitative estimate of drug-likeness (QED) is 0.813. The van der Waals surface area contributed by atoms with E-state index in [1.54, 1.807) is 13.8 Å². The summed E-state index contributed by atoms with van der Waals surface area (Å²) in [6.45, 7) is 3.61. The van der Waals surface area contributed by atoms with Gasteiger partial charge in [0.05, 0.1) is 5.75 Å². The van der Waals surface area contributed by atoms with Gasteiger partial charge in [-0.05, 0) is 30.7 Å². The van der Waals surface area contributed by atoms with Gasteiger partial charge < -0.3 is 5.32 Å². The lowest BCUT2D eigenvalue weighted by molar-refractivity contribution is 0.0955. The molecular formula is C12H17FN2O3S. The first-order valence-corrected chi connectivity index (χ1v) is 7.52. The lowest BCUT2D eigenvalue weighted by Gasteiger charge is -2.08. The molecule has 0 spiro atoms. The summed E-state index contributed by atoms with van der Waals surface area (Å²) in [5.41, 5.74) is 0.842. The molecule has 0 aliphatic carbocycles. The lowest BCUT2D eigenvalue weighted by Crippen LogP contribution is -2.34. The van der Waals surface area contributed by atoms with Crippen LogP contribution in [0.1, 0.15) is 22.8 Å². The Hall–Kier alpha value is -1.47. The Morgan fingerprint density at radius 3 is 2.63 bits per heavy atom. The minimum absolute atomic E-state index is 0.00494. The molecule has 0 atom stereocenters. The zero-order chi connectivity index (χ0) is 14.5. The van der Waals surface area contributed by atoms with Gasteiger partial charge >= 0.3 is 0 Å². The summed E-state index contributed by atoms with van der Waals surface area (Å²) >= 11 is 0. The van der Waals surface area contributed by atoms with Gasteiger partial charge in [-0.3, -0.25) is 4.79 Å². The molecule has 0 unspecified atom stereocenters. The molecule has 1 amide bonds. The summed E-state index contributed by atoms with van der Waals surface area (Å²) in [5.74, 6) is -1.01. The molecule has 1 aromatic carbocycles. The van der Waals surface area contributed by atoms with Crippen LogP contribution in [0, 0.1) is 12.7 Å². The molecule has 0 fully saturated rings. The van der Waals surface area contributed by atoms with E-state index in [4.69, 9.17) is 0 Å². The second-order valence-electron chi connectivity index (χ2n) is 4.03. The first kappa shape index (κ1) is 15.6. The van der Waals surface area contributed by atoms with Crippen molar-refractivity contribution in [3.8, 4) is 0 Å². The Morgan fingerprint density at radius 2 is 2.05 bits per heavy atom. The Kier molecular flexibility index (Phi) is 5.44. The largest absolute Gasteiger partial charge is 0.351 e. The summed E-state index contributed by atoms with van der Waals surface area (Å²) in [6, 6.07) is 3.82. The van der Waals surface area contributed by atoms with E-state index < -0.39 is 21.7 Å². The number of benzene rings is 1. The molecule has 0 saturated carbocycles. The van der Waals surface area contributed by atoms with Crippen LogP contribution >= 0.6 is 0 Å². The fourth-order valence-electron chi connectivity index (χ4n) is 1.57. The van der Waals surface area contributed by atoms with Crippen molar-refractivity contribution in [1.82, 2.24) is 10.0 Å². The van der Waals surface area contributed by atoms with Crippen LogP contribution in [0.25, 0.3) is 0 Å². The normalized spacial score (nSPS) is 11.3. The fourth-order valence-corrected chi connectivity index (χ4v) is 2.52.